The highest BCUT2D eigenvalue weighted by Crippen LogP contribution is 2.50. The second kappa shape index (κ2) is 7.78. The first kappa shape index (κ1) is 21.3. The number of rotatable bonds is 1. The van der Waals surface area contributed by atoms with Crippen LogP contribution in [0.1, 0.15) is 27.7 Å². The molecular weight excluding hydrogens is 481 g/mol. The molecule has 2 aromatic carbocycles. The minimum Gasteiger partial charge on any atom is -0.502 e. The number of hydrogen-bond acceptors (Lipinski definition) is 6. The highest BCUT2D eigenvalue weighted by atomic mass is 32.1. The summed E-state index contributed by atoms with van der Waals surface area (Å²) < 4.78 is 22.0. The van der Waals surface area contributed by atoms with Gasteiger partial charge < -0.3 is 14.7 Å². The Kier molecular flexibility index (Phi) is 4.61. The summed E-state index contributed by atoms with van der Waals surface area (Å²) in [5.41, 5.74) is 3.83. The van der Waals surface area contributed by atoms with Crippen molar-refractivity contribution >= 4 is 17.2 Å². The second-order valence-electron chi connectivity index (χ2n) is 9.04. The van der Waals surface area contributed by atoms with Gasteiger partial charge in [-0.1, -0.05) is 30.3 Å². The quantitative estimate of drug-likeness (QED) is 0.428. The summed E-state index contributed by atoms with van der Waals surface area (Å²) in [5, 5.41) is 14.7. The fourth-order valence-electron chi connectivity index (χ4n) is 5.66. The van der Waals surface area contributed by atoms with Gasteiger partial charge in [0, 0.05) is 29.2 Å². The van der Waals surface area contributed by atoms with Crippen molar-refractivity contribution in [2.75, 3.05) is 24.8 Å². The van der Waals surface area contributed by atoms with Crippen LogP contribution in [0.4, 0.5) is 4.39 Å². The molecular formula is C27H20FN3O4S. The molecule has 1 aliphatic carbocycles. The summed E-state index contributed by atoms with van der Waals surface area (Å²) in [4.78, 5) is 28.5. The van der Waals surface area contributed by atoms with Crippen molar-refractivity contribution in [3.05, 3.63) is 99.0 Å². The van der Waals surface area contributed by atoms with Crippen LogP contribution < -0.4 is 10.4 Å². The first-order chi connectivity index (χ1) is 17.5. The zero-order valence-electron chi connectivity index (χ0n) is 18.9. The zero-order chi connectivity index (χ0) is 24.6. The van der Waals surface area contributed by atoms with Crippen LogP contribution in [0.2, 0.25) is 0 Å². The number of carbonyl (C=O) groups is 1. The number of morpholine rings is 1. The Hall–Kier alpha value is -3.95. The standard InChI is InChI=1S/C27H20FN3O4S/c28-15-5-6-17-20(13-15)19-8-12-36-26(19)18-4-2-1-3-16(18)23(17)31-22-14-35-11-10-29(22)27(34)24-25(33)21(32)7-9-30(24)31/h1-9,12-13,22-23,33H,10-11,14H2/t22-,23-/m1/s1. The van der Waals surface area contributed by atoms with Crippen LogP contribution in [-0.4, -0.2) is 46.5 Å². The lowest BCUT2D eigenvalue weighted by Crippen LogP contribution is -2.66. The Morgan fingerprint density at radius 1 is 1.00 bits per heavy atom. The average molecular weight is 502 g/mol. The number of nitrogens with zero attached hydrogens (tertiary/aromatic N) is 3. The van der Waals surface area contributed by atoms with Crippen LogP contribution in [-0.2, 0) is 4.74 Å². The number of benzene rings is 2. The van der Waals surface area contributed by atoms with E-state index in [9.17, 15) is 19.1 Å². The van der Waals surface area contributed by atoms with Crippen molar-refractivity contribution in [2.45, 2.75) is 12.2 Å². The first-order valence-corrected chi connectivity index (χ1v) is 12.5. The average Bonchev–Trinajstić information content (AvgIpc) is 3.35. The molecule has 0 unspecified atom stereocenters. The number of halogens is 1. The molecule has 2 aliphatic heterocycles. The highest BCUT2D eigenvalue weighted by Gasteiger charge is 2.46. The third-order valence-electron chi connectivity index (χ3n) is 7.20. The lowest BCUT2D eigenvalue weighted by molar-refractivity contribution is -0.0196. The Morgan fingerprint density at radius 3 is 2.72 bits per heavy atom. The molecule has 7 nitrogen and oxygen atoms in total. The molecule has 1 saturated heterocycles. The van der Waals surface area contributed by atoms with Gasteiger partial charge in [0.25, 0.3) is 5.91 Å². The van der Waals surface area contributed by atoms with E-state index in [0.717, 1.165) is 32.7 Å². The second-order valence-corrected chi connectivity index (χ2v) is 9.96. The van der Waals surface area contributed by atoms with E-state index < -0.39 is 29.3 Å². The molecule has 4 aromatic rings. The van der Waals surface area contributed by atoms with E-state index in [1.54, 1.807) is 33.0 Å². The van der Waals surface area contributed by atoms with Crippen molar-refractivity contribution < 1.29 is 19.0 Å². The van der Waals surface area contributed by atoms with Gasteiger partial charge in [-0.05, 0) is 45.8 Å². The van der Waals surface area contributed by atoms with Gasteiger partial charge >= 0.3 is 0 Å². The van der Waals surface area contributed by atoms with Gasteiger partial charge in [-0.3, -0.25) is 19.3 Å². The third-order valence-corrected chi connectivity index (χ3v) is 8.15. The molecule has 1 fully saturated rings. The molecule has 2 aromatic heterocycles. The van der Waals surface area contributed by atoms with E-state index in [4.69, 9.17) is 4.74 Å². The van der Waals surface area contributed by atoms with E-state index in [1.165, 1.54) is 18.3 Å². The number of aromatic nitrogens is 1. The van der Waals surface area contributed by atoms with Gasteiger partial charge in [-0.25, -0.2) is 4.39 Å². The minimum atomic E-state index is -0.618. The zero-order valence-corrected chi connectivity index (χ0v) is 19.7. The summed E-state index contributed by atoms with van der Waals surface area (Å²) >= 11 is 1.59. The van der Waals surface area contributed by atoms with Crippen molar-refractivity contribution in [3.63, 3.8) is 0 Å². The molecule has 2 atom stereocenters. The Labute approximate surface area is 209 Å². The third kappa shape index (κ3) is 2.87. The van der Waals surface area contributed by atoms with E-state index in [-0.39, 0.29) is 18.1 Å². The lowest BCUT2D eigenvalue weighted by Gasteiger charge is -2.51. The molecule has 1 N–H and O–H groups in total. The van der Waals surface area contributed by atoms with Crippen LogP contribution in [0.15, 0.2) is 71.0 Å². The van der Waals surface area contributed by atoms with Gasteiger partial charge in [-0.2, -0.15) is 0 Å². The monoisotopic (exact) mass is 501 g/mol. The molecule has 36 heavy (non-hydrogen) atoms. The van der Waals surface area contributed by atoms with Crippen molar-refractivity contribution in [1.29, 1.82) is 0 Å². The first-order valence-electron chi connectivity index (χ1n) is 11.6. The fraction of sp³-hybridized carbons (Fsp3) is 0.185. The van der Waals surface area contributed by atoms with Gasteiger partial charge in [0.05, 0.1) is 19.3 Å². The minimum absolute atomic E-state index is 0.0826. The largest absolute Gasteiger partial charge is 0.502 e. The predicted molar refractivity (Wildman–Crippen MR) is 133 cm³/mol. The lowest BCUT2D eigenvalue weighted by atomic mass is 9.92. The van der Waals surface area contributed by atoms with Crippen LogP contribution in [0.25, 0.3) is 21.6 Å². The molecule has 0 saturated carbocycles. The van der Waals surface area contributed by atoms with Gasteiger partial charge in [0.2, 0.25) is 5.43 Å². The number of thiophene rings is 1. The van der Waals surface area contributed by atoms with Crippen molar-refractivity contribution in [1.82, 2.24) is 9.58 Å². The number of ether oxygens (including phenoxy) is 1. The molecule has 0 spiro atoms. The van der Waals surface area contributed by atoms with Gasteiger partial charge in [-0.15, -0.1) is 11.3 Å². The maximum absolute atomic E-state index is 14.6. The summed E-state index contributed by atoms with van der Waals surface area (Å²) in [5.74, 6) is -1.35. The van der Waals surface area contributed by atoms with Crippen LogP contribution in [0.5, 0.6) is 5.75 Å². The Balaban J connectivity index is 1.57. The topological polar surface area (TPSA) is 75.0 Å². The van der Waals surface area contributed by atoms with Crippen molar-refractivity contribution in [2.24, 2.45) is 0 Å². The van der Waals surface area contributed by atoms with Crippen LogP contribution in [0.3, 0.4) is 0 Å². The molecule has 9 heteroatoms. The summed E-state index contributed by atoms with van der Waals surface area (Å²) in [6.07, 6.45) is 1.01. The number of pyridine rings is 1. The van der Waals surface area contributed by atoms with Crippen LogP contribution >= 0.6 is 11.3 Å². The summed E-state index contributed by atoms with van der Waals surface area (Å²) in [7, 11) is 0. The SMILES string of the molecule is O=C1c2c(O)c(=O)ccn2N([C@H]2c3ccc(F)cc3-c3ccsc3-c3ccccc32)[C@@H]2COCCN12. The molecule has 7 rings (SSSR count). The molecule has 0 radical (unpaired) electrons. The number of amides is 1. The predicted octanol–water partition coefficient (Wildman–Crippen LogP) is 3.94. The number of aromatic hydroxyl groups is 1. The molecule has 180 valence electrons. The van der Waals surface area contributed by atoms with Crippen LogP contribution in [0, 0.1) is 5.82 Å². The Bertz CT molecular complexity index is 1610. The van der Waals surface area contributed by atoms with E-state index in [0.29, 0.717) is 13.2 Å². The van der Waals surface area contributed by atoms with Gasteiger partial charge in [0.1, 0.15) is 12.0 Å². The maximum Gasteiger partial charge on any atom is 0.278 e. The normalized spacial score (nSPS) is 20.1. The van der Waals surface area contributed by atoms with E-state index in [1.807, 2.05) is 40.7 Å². The Morgan fingerprint density at radius 2 is 1.83 bits per heavy atom. The summed E-state index contributed by atoms with van der Waals surface area (Å²) in [6, 6.07) is 15.6. The molecule has 0 bridgehead atoms. The molecule has 4 heterocycles. The van der Waals surface area contributed by atoms with E-state index in [2.05, 4.69) is 0 Å². The number of carbonyl (C=O) groups excluding carboxylic acids is 1. The molecule has 1 amide bonds. The van der Waals surface area contributed by atoms with Gasteiger partial charge in [0.15, 0.2) is 11.4 Å². The number of hydrogen-bond donors (Lipinski definition) is 1. The van der Waals surface area contributed by atoms with E-state index >= 15 is 0 Å². The summed E-state index contributed by atoms with van der Waals surface area (Å²) in [6.45, 7) is 0.920. The van der Waals surface area contributed by atoms with Crippen molar-refractivity contribution in [3.8, 4) is 27.3 Å². The number of fused-ring (bicyclic) bond motifs is 7. The smallest absolute Gasteiger partial charge is 0.278 e. The highest BCUT2D eigenvalue weighted by molar-refractivity contribution is 7.14. The fourth-order valence-corrected chi connectivity index (χ4v) is 6.61. The maximum atomic E-state index is 14.6. The molecule has 3 aliphatic rings.